The van der Waals surface area contributed by atoms with Gasteiger partial charge in [-0.1, -0.05) is 0 Å². The number of benzene rings is 2. The maximum Gasteiger partial charge on any atom is 0.255 e. The van der Waals surface area contributed by atoms with Gasteiger partial charge in [0, 0.05) is 36.5 Å². The van der Waals surface area contributed by atoms with Crippen LogP contribution in [0.1, 0.15) is 10.4 Å². The largest absolute Gasteiger partial charge is 0.495 e. The third-order valence-corrected chi connectivity index (χ3v) is 6.36. The second-order valence-corrected chi connectivity index (χ2v) is 8.52. The van der Waals surface area contributed by atoms with Crippen molar-refractivity contribution < 1.29 is 40.2 Å². The molecule has 0 aromatic heterocycles. The van der Waals surface area contributed by atoms with Crippen LogP contribution >= 0.6 is 0 Å². The molecule has 3 rings (SSSR count). The average molecular weight is 462 g/mol. The Morgan fingerprint density at radius 1 is 1.19 bits per heavy atom. The molecule has 1 amide bonds. The van der Waals surface area contributed by atoms with E-state index in [1.54, 1.807) is 0 Å². The van der Waals surface area contributed by atoms with Gasteiger partial charge in [-0.05, 0) is 18.2 Å². The van der Waals surface area contributed by atoms with Crippen LogP contribution in [0, 0.1) is 17.5 Å². The molecule has 168 valence electrons. The van der Waals surface area contributed by atoms with E-state index in [4.69, 9.17) is 9.47 Å². The molecule has 0 aliphatic carbocycles. The zero-order valence-corrected chi connectivity index (χ0v) is 17.0. The Bertz CT molecular complexity index is 1070. The zero-order chi connectivity index (χ0) is 22.8. The topological polar surface area (TPSA) is 84.9 Å². The Hall–Kier alpha value is -2.70. The summed E-state index contributed by atoms with van der Waals surface area (Å²) in [5, 5.41) is 2.16. The number of alkyl halides is 1. The maximum absolute atomic E-state index is 13.9. The first-order chi connectivity index (χ1) is 14.6. The van der Waals surface area contributed by atoms with E-state index in [0.29, 0.717) is 12.1 Å². The van der Waals surface area contributed by atoms with Gasteiger partial charge < -0.3 is 14.8 Å². The van der Waals surface area contributed by atoms with E-state index in [-0.39, 0.29) is 36.8 Å². The SMILES string of the molecule is COc1ccc(C(=O)Nc2cc(F)c(F)c(F)c2)cc1S(=O)(=O)N1CCOCC(F)C1. The van der Waals surface area contributed by atoms with Crippen LogP contribution in [0.5, 0.6) is 5.75 Å². The minimum absolute atomic E-state index is 0.0101. The van der Waals surface area contributed by atoms with Gasteiger partial charge in [-0.2, -0.15) is 4.31 Å². The molecule has 1 heterocycles. The Labute approximate surface area is 175 Å². The number of hydrogen-bond donors (Lipinski definition) is 1. The summed E-state index contributed by atoms with van der Waals surface area (Å²) in [5.74, 6) is -5.69. The van der Waals surface area contributed by atoms with E-state index in [1.807, 2.05) is 0 Å². The van der Waals surface area contributed by atoms with E-state index in [1.165, 1.54) is 19.2 Å². The molecule has 2 aromatic rings. The van der Waals surface area contributed by atoms with Gasteiger partial charge in [0.25, 0.3) is 5.91 Å². The van der Waals surface area contributed by atoms with Crippen LogP contribution in [0.2, 0.25) is 0 Å². The molecule has 1 N–H and O–H groups in total. The highest BCUT2D eigenvalue weighted by Crippen LogP contribution is 2.29. The standard InChI is InChI=1S/C19H18F4N2O5S/c1-29-16-3-2-11(19(26)24-13-7-14(21)18(23)15(22)8-13)6-17(16)31(27,28)25-4-5-30-10-12(20)9-25/h2-3,6-8,12H,4-5,9-10H2,1H3,(H,24,26). The summed E-state index contributed by atoms with van der Waals surface area (Å²) < 4.78 is 90.8. The van der Waals surface area contributed by atoms with E-state index in [9.17, 15) is 30.8 Å². The Morgan fingerprint density at radius 3 is 2.52 bits per heavy atom. The molecule has 0 radical (unpaired) electrons. The second-order valence-electron chi connectivity index (χ2n) is 6.61. The third kappa shape index (κ3) is 4.97. The number of carbonyl (C=O) groups is 1. The van der Waals surface area contributed by atoms with E-state index < -0.39 is 51.0 Å². The molecule has 1 aliphatic heterocycles. The fraction of sp³-hybridized carbons (Fsp3) is 0.316. The number of rotatable bonds is 5. The average Bonchev–Trinajstić information content (AvgIpc) is 2.96. The number of nitrogens with zero attached hydrogens (tertiary/aromatic N) is 1. The number of methoxy groups -OCH3 is 1. The molecule has 12 heteroatoms. The highest BCUT2D eigenvalue weighted by atomic mass is 32.2. The minimum atomic E-state index is -4.27. The fourth-order valence-electron chi connectivity index (χ4n) is 2.95. The maximum atomic E-state index is 13.9. The van der Waals surface area contributed by atoms with Gasteiger partial charge in [0.1, 0.15) is 16.8 Å². The molecule has 1 saturated heterocycles. The molecule has 0 bridgehead atoms. The summed E-state index contributed by atoms with van der Waals surface area (Å²) in [5.41, 5.74) is -0.557. The van der Waals surface area contributed by atoms with Gasteiger partial charge >= 0.3 is 0 Å². The minimum Gasteiger partial charge on any atom is -0.495 e. The molecule has 7 nitrogen and oxygen atoms in total. The summed E-state index contributed by atoms with van der Waals surface area (Å²) in [6.45, 7) is -0.785. The number of halogens is 4. The van der Waals surface area contributed by atoms with E-state index in [2.05, 4.69) is 5.32 Å². The number of anilines is 1. The smallest absolute Gasteiger partial charge is 0.255 e. The lowest BCUT2D eigenvalue weighted by Crippen LogP contribution is -2.36. The third-order valence-electron chi connectivity index (χ3n) is 4.47. The molecule has 1 atom stereocenters. The quantitative estimate of drug-likeness (QED) is 0.546. The predicted molar refractivity (Wildman–Crippen MR) is 102 cm³/mol. The summed E-state index contributed by atoms with van der Waals surface area (Å²) in [6.07, 6.45) is -1.53. The highest BCUT2D eigenvalue weighted by molar-refractivity contribution is 7.89. The summed E-state index contributed by atoms with van der Waals surface area (Å²) in [4.78, 5) is 12.1. The Kier molecular flexibility index (Phi) is 6.82. The fourth-order valence-corrected chi connectivity index (χ4v) is 4.58. The van der Waals surface area contributed by atoms with Crippen LogP contribution in [0.3, 0.4) is 0 Å². The Balaban J connectivity index is 1.93. The Morgan fingerprint density at radius 2 is 1.87 bits per heavy atom. The van der Waals surface area contributed by atoms with Crippen molar-refractivity contribution in [3.63, 3.8) is 0 Å². The molecule has 0 spiro atoms. The van der Waals surface area contributed by atoms with Gasteiger partial charge in [0.15, 0.2) is 17.5 Å². The van der Waals surface area contributed by atoms with Crippen molar-refractivity contribution in [2.75, 3.05) is 38.7 Å². The van der Waals surface area contributed by atoms with Crippen molar-refractivity contribution in [1.29, 1.82) is 0 Å². The van der Waals surface area contributed by atoms with Crippen LogP contribution in [-0.2, 0) is 14.8 Å². The van der Waals surface area contributed by atoms with Crippen LogP contribution in [-0.4, -0.2) is 58.2 Å². The lowest BCUT2D eigenvalue weighted by Gasteiger charge is -2.22. The molecular weight excluding hydrogens is 444 g/mol. The van der Waals surface area contributed by atoms with Crippen LogP contribution in [0.25, 0.3) is 0 Å². The van der Waals surface area contributed by atoms with Crippen molar-refractivity contribution in [2.45, 2.75) is 11.1 Å². The van der Waals surface area contributed by atoms with Crippen molar-refractivity contribution in [3.8, 4) is 5.75 Å². The number of nitrogens with one attached hydrogen (secondary N) is 1. The number of sulfonamides is 1. The molecule has 2 aromatic carbocycles. The highest BCUT2D eigenvalue weighted by Gasteiger charge is 2.32. The van der Waals surface area contributed by atoms with Crippen molar-refractivity contribution >= 4 is 21.6 Å². The molecule has 1 unspecified atom stereocenters. The molecule has 0 saturated carbocycles. The number of amides is 1. The molecule has 1 fully saturated rings. The molecule has 1 aliphatic rings. The first-order valence-electron chi connectivity index (χ1n) is 8.99. The number of ether oxygens (including phenoxy) is 2. The number of hydrogen-bond acceptors (Lipinski definition) is 5. The van der Waals surface area contributed by atoms with Crippen molar-refractivity contribution in [1.82, 2.24) is 4.31 Å². The second kappa shape index (κ2) is 9.20. The first-order valence-corrected chi connectivity index (χ1v) is 10.4. The lowest BCUT2D eigenvalue weighted by atomic mass is 10.2. The molecular formula is C19H18F4N2O5S. The van der Waals surface area contributed by atoms with Gasteiger partial charge in [-0.25, -0.2) is 26.0 Å². The van der Waals surface area contributed by atoms with Gasteiger partial charge in [0.05, 0.1) is 20.3 Å². The molecule has 31 heavy (non-hydrogen) atoms. The number of carbonyl (C=O) groups excluding carboxylic acids is 1. The normalized spacial score (nSPS) is 17.8. The van der Waals surface area contributed by atoms with Gasteiger partial charge in [0.2, 0.25) is 10.0 Å². The van der Waals surface area contributed by atoms with Crippen LogP contribution in [0.4, 0.5) is 23.2 Å². The van der Waals surface area contributed by atoms with Crippen molar-refractivity contribution in [3.05, 3.63) is 53.3 Å². The van der Waals surface area contributed by atoms with Gasteiger partial charge in [-0.3, -0.25) is 4.79 Å². The van der Waals surface area contributed by atoms with Crippen LogP contribution < -0.4 is 10.1 Å². The van der Waals surface area contributed by atoms with Crippen molar-refractivity contribution in [2.24, 2.45) is 0 Å². The lowest BCUT2D eigenvalue weighted by molar-refractivity contribution is 0.102. The summed E-state index contributed by atoms with van der Waals surface area (Å²) in [6, 6.07) is 4.60. The predicted octanol–water partition coefficient (Wildman–Crippen LogP) is 2.72. The zero-order valence-electron chi connectivity index (χ0n) is 16.2. The van der Waals surface area contributed by atoms with E-state index >= 15 is 0 Å². The van der Waals surface area contributed by atoms with E-state index in [0.717, 1.165) is 10.4 Å². The summed E-state index contributed by atoms with van der Waals surface area (Å²) in [7, 11) is -3.05. The monoisotopic (exact) mass is 462 g/mol. The first kappa shape index (κ1) is 23.0. The van der Waals surface area contributed by atoms with Crippen LogP contribution in [0.15, 0.2) is 35.2 Å². The summed E-state index contributed by atoms with van der Waals surface area (Å²) >= 11 is 0. The van der Waals surface area contributed by atoms with Gasteiger partial charge in [-0.15, -0.1) is 0 Å².